The van der Waals surface area contributed by atoms with E-state index in [1.807, 2.05) is 0 Å². The Morgan fingerprint density at radius 1 is 1.17 bits per heavy atom. The lowest BCUT2D eigenvalue weighted by Gasteiger charge is -2.19. The number of hydrogen-bond donors (Lipinski definition) is 0. The topological polar surface area (TPSA) is 0 Å². The quantitative estimate of drug-likeness (QED) is 0.597. The molecular weight excluding hydrogens is 144 g/mol. The van der Waals surface area contributed by atoms with Crippen LogP contribution in [0, 0.1) is 29.6 Å². The molecule has 0 aromatic rings. The molecule has 0 aromatic carbocycles. The summed E-state index contributed by atoms with van der Waals surface area (Å²) in [4.78, 5) is 0. The van der Waals surface area contributed by atoms with Crippen LogP contribution in [0.2, 0.25) is 0 Å². The second-order valence-corrected chi connectivity index (χ2v) is 5.12. The van der Waals surface area contributed by atoms with E-state index in [1.165, 1.54) is 25.7 Å². The number of rotatable bonds is 4. The lowest BCUT2D eigenvalue weighted by molar-refractivity contribution is 0.297. The van der Waals surface area contributed by atoms with Gasteiger partial charge in [0, 0.05) is 0 Å². The van der Waals surface area contributed by atoms with E-state index in [2.05, 4.69) is 20.8 Å². The molecule has 0 heterocycles. The summed E-state index contributed by atoms with van der Waals surface area (Å²) in [5, 5.41) is 0. The molecule has 0 N–H and O–H groups in total. The van der Waals surface area contributed by atoms with Crippen LogP contribution in [0.25, 0.3) is 0 Å². The first-order valence-corrected chi connectivity index (χ1v) is 5.74. The van der Waals surface area contributed by atoms with Crippen molar-refractivity contribution < 1.29 is 0 Å². The van der Waals surface area contributed by atoms with Crippen LogP contribution in [0.4, 0.5) is 0 Å². The molecule has 70 valence electrons. The molecule has 0 spiro atoms. The van der Waals surface area contributed by atoms with E-state index in [9.17, 15) is 0 Å². The predicted octanol–water partition coefficient (Wildman–Crippen LogP) is 3.71. The van der Waals surface area contributed by atoms with Gasteiger partial charge >= 0.3 is 0 Å². The standard InChI is InChI=1S/C12H22/c1-4-10-7-12(10)9(3)8(2)11-5-6-11/h8-12H,4-7H2,1-3H3. The first kappa shape index (κ1) is 8.59. The van der Waals surface area contributed by atoms with Crippen LogP contribution in [0.5, 0.6) is 0 Å². The van der Waals surface area contributed by atoms with E-state index in [-0.39, 0.29) is 0 Å². The van der Waals surface area contributed by atoms with Gasteiger partial charge in [-0.3, -0.25) is 0 Å². The molecule has 4 unspecified atom stereocenters. The molecule has 0 radical (unpaired) electrons. The minimum Gasteiger partial charge on any atom is -0.0651 e. The van der Waals surface area contributed by atoms with Crippen LogP contribution in [-0.4, -0.2) is 0 Å². The Hall–Kier alpha value is 0. The van der Waals surface area contributed by atoms with E-state index < -0.39 is 0 Å². The van der Waals surface area contributed by atoms with Crippen molar-refractivity contribution >= 4 is 0 Å². The zero-order chi connectivity index (χ0) is 8.72. The zero-order valence-corrected chi connectivity index (χ0v) is 8.72. The fourth-order valence-corrected chi connectivity index (χ4v) is 2.83. The van der Waals surface area contributed by atoms with Crippen LogP contribution in [-0.2, 0) is 0 Å². The second-order valence-electron chi connectivity index (χ2n) is 5.12. The SMILES string of the molecule is CCC1CC1C(C)C(C)C1CC1. The van der Waals surface area contributed by atoms with Gasteiger partial charge in [-0.05, 0) is 48.9 Å². The van der Waals surface area contributed by atoms with E-state index in [0.29, 0.717) is 0 Å². The van der Waals surface area contributed by atoms with Gasteiger partial charge in [-0.25, -0.2) is 0 Å². The highest BCUT2D eigenvalue weighted by Crippen LogP contribution is 2.52. The largest absolute Gasteiger partial charge is 0.0651 e. The zero-order valence-electron chi connectivity index (χ0n) is 8.72. The molecule has 12 heavy (non-hydrogen) atoms. The van der Waals surface area contributed by atoms with E-state index >= 15 is 0 Å². The predicted molar refractivity (Wildman–Crippen MR) is 52.9 cm³/mol. The monoisotopic (exact) mass is 166 g/mol. The summed E-state index contributed by atoms with van der Waals surface area (Å²) in [5.41, 5.74) is 0. The highest BCUT2D eigenvalue weighted by atomic mass is 14.5. The fourth-order valence-electron chi connectivity index (χ4n) is 2.83. The smallest absolute Gasteiger partial charge is 0.0355 e. The number of hydrogen-bond acceptors (Lipinski definition) is 0. The Morgan fingerprint density at radius 3 is 2.25 bits per heavy atom. The van der Waals surface area contributed by atoms with Crippen LogP contribution in [0.1, 0.15) is 46.5 Å². The third kappa shape index (κ3) is 1.53. The van der Waals surface area contributed by atoms with Gasteiger partial charge in [0.15, 0.2) is 0 Å². The third-order valence-corrected chi connectivity index (χ3v) is 4.37. The van der Waals surface area contributed by atoms with Crippen LogP contribution >= 0.6 is 0 Å². The minimum absolute atomic E-state index is 1.02. The van der Waals surface area contributed by atoms with Crippen molar-refractivity contribution in [1.29, 1.82) is 0 Å². The molecule has 2 aliphatic carbocycles. The van der Waals surface area contributed by atoms with Crippen molar-refractivity contribution in [3.63, 3.8) is 0 Å². The summed E-state index contributed by atoms with van der Waals surface area (Å²) in [6.07, 6.45) is 6.01. The summed E-state index contributed by atoms with van der Waals surface area (Å²) in [6, 6.07) is 0. The Bertz CT molecular complexity index is 157. The highest BCUT2D eigenvalue weighted by Gasteiger charge is 2.44. The Balaban J connectivity index is 1.80. The molecule has 2 rings (SSSR count). The van der Waals surface area contributed by atoms with Gasteiger partial charge in [-0.15, -0.1) is 0 Å². The molecule has 0 saturated heterocycles. The fraction of sp³-hybridized carbons (Fsp3) is 1.00. The molecule has 2 fully saturated rings. The minimum atomic E-state index is 1.02. The Morgan fingerprint density at radius 2 is 1.83 bits per heavy atom. The van der Waals surface area contributed by atoms with Gasteiger partial charge in [-0.2, -0.15) is 0 Å². The van der Waals surface area contributed by atoms with E-state index in [0.717, 1.165) is 29.6 Å². The first-order valence-electron chi connectivity index (χ1n) is 5.74. The Labute approximate surface area is 76.7 Å². The lowest BCUT2D eigenvalue weighted by Crippen LogP contribution is -2.12. The molecule has 0 bridgehead atoms. The van der Waals surface area contributed by atoms with Gasteiger partial charge in [0.25, 0.3) is 0 Å². The molecular formula is C12H22. The van der Waals surface area contributed by atoms with Crippen molar-refractivity contribution in [2.24, 2.45) is 29.6 Å². The molecule has 0 aromatic heterocycles. The van der Waals surface area contributed by atoms with Crippen molar-refractivity contribution in [2.45, 2.75) is 46.5 Å². The van der Waals surface area contributed by atoms with Gasteiger partial charge in [0.1, 0.15) is 0 Å². The maximum Gasteiger partial charge on any atom is -0.0355 e. The molecule has 2 aliphatic rings. The third-order valence-electron chi connectivity index (χ3n) is 4.37. The van der Waals surface area contributed by atoms with Crippen molar-refractivity contribution in [1.82, 2.24) is 0 Å². The van der Waals surface area contributed by atoms with Crippen molar-refractivity contribution in [2.75, 3.05) is 0 Å². The lowest BCUT2D eigenvalue weighted by atomic mass is 9.86. The summed E-state index contributed by atoms with van der Waals surface area (Å²) in [6.45, 7) is 7.32. The summed E-state index contributed by atoms with van der Waals surface area (Å²) in [7, 11) is 0. The summed E-state index contributed by atoms with van der Waals surface area (Å²) in [5.74, 6) is 5.35. The van der Waals surface area contributed by atoms with Crippen LogP contribution in [0.3, 0.4) is 0 Å². The van der Waals surface area contributed by atoms with Gasteiger partial charge in [0.05, 0.1) is 0 Å². The van der Waals surface area contributed by atoms with Gasteiger partial charge in [0.2, 0.25) is 0 Å². The average molecular weight is 166 g/mol. The molecule has 0 amide bonds. The van der Waals surface area contributed by atoms with Crippen LogP contribution < -0.4 is 0 Å². The van der Waals surface area contributed by atoms with Crippen molar-refractivity contribution in [3.8, 4) is 0 Å². The van der Waals surface area contributed by atoms with Crippen molar-refractivity contribution in [3.05, 3.63) is 0 Å². The normalized spacial score (nSPS) is 39.2. The second kappa shape index (κ2) is 3.05. The Kier molecular flexibility index (Phi) is 2.18. The molecule has 4 atom stereocenters. The summed E-state index contributed by atoms with van der Waals surface area (Å²) >= 11 is 0. The molecule has 2 saturated carbocycles. The molecule has 0 heteroatoms. The van der Waals surface area contributed by atoms with Gasteiger partial charge in [-0.1, -0.05) is 27.2 Å². The molecule has 0 aliphatic heterocycles. The summed E-state index contributed by atoms with van der Waals surface area (Å²) < 4.78 is 0. The maximum atomic E-state index is 2.49. The van der Waals surface area contributed by atoms with Gasteiger partial charge < -0.3 is 0 Å². The maximum absolute atomic E-state index is 2.49. The highest BCUT2D eigenvalue weighted by molar-refractivity contribution is 4.93. The van der Waals surface area contributed by atoms with E-state index in [4.69, 9.17) is 0 Å². The first-order chi connectivity index (χ1) is 5.74. The average Bonchev–Trinajstić information content (AvgIpc) is 2.92. The van der Waals surface area contributed by atoms with Crippen LogP contribution in [0.15, 0.2) is 0 Å². The van der Waals surface area contributed by atoms with E-state index in [1.54, 1.807) is 0 Å². The molecule has 0 nitrogen and oxygen atoms in total.